The van der Waals surface area contributed by atoms with Crippen LogP contribution in [0, 0.1) is 0 Å². The molecule has 0 bridgehead atoms. The van der Waals surface area contributed by atoms with Gasteiger partial charge in [-0.15, -0.1) is 0 Å². The maximum atomic E-state index is 10.8. The lowest BCUT2D eigenvalue weighted by Gasteiger charge is -2.14. The number of nitrogens with one attached hydrogen (secondary N) is 1. The normalized spacial score (nSPS) is 26.5. The summed E-state index contributed by atoms with van der Waals surface area (Å²) in [5.41, 5.74) is 0. The molecule has 1 fully saturated rings. The van der Waals surface area contributed by atoms with Crippen LogP contribution in [0.2, 0.25) is 0 Å². The zero-order chi connectivity index (χ0) is 8.27. The zero-order valence-electron chi connectivity index (χ0n) is 6.54. The highest BCUT2D eigenvalue weighted by molar-refractivity contribution is 5.75. The minimum Gasteiger partial charge on any atom is -0.467 e. The second-order valence-corrected chi connectivity index (χ2v) is 2.67. The quantitative estimate of drug-likeness (QED) is 0.522. The van der Waals surface area contributed by atoms with Gasteiger partial charge < -0.3 is 15.2 Å². The fraction of sp³-hybridized carbons (Fsp3) is 0.857. The van der Waals surface area contributed by atoms with Gasteiger partial charge in [-0.25, -0.2) is 4.79 Å². The summed E-state index contributed by atoms with van der Waals surface area (Å²) >= 11 is 0. The van der Waals surface area contributed by atoms with Crippen LogP contribution in [-0.4, -0.2) is 36.9 Å². The van der Waals surface area contributed by atoms with Crippen molar-refractivity contribution in [3.8, 4) is 0 Å². The van der Waals surface area contributed by atoms with E-state index in [1.54, 1.807) is 0 Å². The Hall–Kier alpha value is -0.610. The molecule has 1 rings (SSSR count). The molecule has 0 aromatic carbocycles. The average molecular weight is 159 g/mol. The van der Waals surface area contributed by atoms with Gasteiger partial charge in [0, 0.05) is 6.04 Å². The Morgan fingerprint density at radius 1 is 1.82 bits per heavy atom. The molecule has 2 N–H and O–H groups in total. The van der Waals surface area contributed by atoms with E-state index >= 15 is 0 Å². The highest BCUT2D eigenvalue weighted by Gasteiger charge is 2.28. The fourth-order valence-corrected chi connectivity index (χ4v) is 1.27. The van der Waals surface area contributed by atoms with Crippen LogP contribution >= 0.6 is 0 Å². The predicted molar refractivity (Wildman–Crippen MR) is 39.0 cm³/mol. The van der Waals surface area contributed by atoms with Crippen LogP contribution in [-0.2, 0) is 9.53 Å². The molecule has 4 heteroatoms. The summed E-state index contributed by atoms with van der Waals surface area (Å²) in [6.07, 6.45) is 0.858. The molecule has 0 aliphatic carbocycles. The highest BCUT2D eigenvalue weighted by Crippen LogP contribution is 2.09. The van der Waals surface area contributed by atoms with E-state index in [0.717, 1.165) is 19.4 Å². The predicted octanol–water partition coefficient (Wildman–Crippen LogP) is -0.728. The van der Waals surface area contributed by atoms with Crippen LogP contribution < -0.4 is 5.32 Å². The standard InChI is InChI=1S/C7H13NO3/c1-11-7(10)6(9)5-3-2-4-8-5/h5-6,8-9H,2-4H2,1H3. The summed E-state index contributed by atoms with van der Waals surface area (Å²) < 4.78 is 4.40. The number of esters is 1. The van der Waals surface area contributed by atoms with Crippen LogP contribution in [0.1, 0.15) is 12.8 Å². The van der Waals surface area contributed by atoms with Crippen molar-refractivity contribution in [2.24, 2.45) is 0 Å². The topological polar surface area (TPSA) is 58.6 Å². The lowest BCUT2D eigenvalue weighted by atomic mass is 10.1. The molecular formula is C7H13NO3. The number of methoxy groups -OCH3 is 1. The molecule has 0 spiro atoms. The SMILES string of the molecule is COC(=O)C(O)C1CCCN1. The molecule has 64 valence electrons. The van der Waals surface area contributed by atoms with E-state index in [9.17, 15) is 9.90 Å². The third-order valence-electron chi connectivity index (χ3n) is 1.92. The van der Waals surface area contributed by atoms with Gasteiger partial charge in [0.05, 0.1) is 7.11 Å². The van der Waals surface area contributed by atoms with E-state index in [1.807, 2.05) is 0 Å². The minimum absolute atomic E-state index is 0.109. The molecule has 0 saturated carbocycles. The number of ether oxygens (including phenoxy) is 1. The van der Waals surface area contributed by atoms with Crippen molar-refractivity contribution in [3.63, 3.8) is 0 Å². The maximum absolute atomic E-state index is 10.8. The Morgan fingerprint density at radius 2 is 2.55 bits per heavy atom. The molecule has 1 heterocycles. The minimum atomic E-state index is -0.998. The third kappa shape index (κ3) is 1.91. The molecule has 0 aromatic rings. The second-order valence-electron chi connectivity index (χ2n) is 2.67. The first-order valence-electron chi connectivity index (χ1n) is 3.75. The van der Waals surface area contributed by atoms with Crippen molar-refractivity contribution in [1.29, 1.82) is 0 Å². The van der Waals surface area contributed by atoms with Gasteiger partial charge in [0.15, 0.2) is 6.10 Å². The zero-order valence-corrected chi connectivity index (χ0v) is 6.54. The number of hydrogen-bond donors (Lipinski definition) is 2. The maximum Gasteiger partial charge on any atom is 0.336 e. The monoisotopic (exact) mass is 159 g/mol. The summed E-state index contributed by atoms with van der Waals surface area (Å²) in [5.74, 6) is -0.551. The van der Waals surface area contributed by atoms with Gasteiger partial charge in [-0.05, 0) is 19.4 Å². The Balaban J connectivity index is 2.39. The van der Waals surface area contributed by atoms with Crippen LogP contribution in [0.5, 0.6) is 0 Å². The largest absolute Gasteiger partial charge is 0.467 e. The number of aliphatic hydroxyl groups excluding tert-OH is 1. The van der Waals surface area contributed by atoms with Crippen molar-refractivity contribution in [3.05, 3.63) is 0 Å². The van der Waals surface area contributed by atoms with E-state index in [4.69, 9.17) is 0 Å². The molecule has 1 aliphatic rings. The first-order chi connectivity index (χ1) is 5.25. The van der Waals surface area contributed by atoms with Gasteiger partial charge in [-0.1, -0.05) is 0 Å². The van der Waals surface area contributed by atoms with Crippen molar-refractivity contribution in [1.82, 2.24) is 5.32 Å². The molecule has 0 radical (unpaired) electrons. The number of carbonyl (C=O) groups is 1. The Bertz CT molecular complexity index is 143. The van der Waals surface area contributed by atoms with Crippen molar-refractivity contribution >= 4 is 5.97 Å². The van der Waals surface area contributed by atoms with Crippen LogP contribution in [0.25, 0.3) is 0 Å². The summed E-state index contributed by atoms with van der Waals surface area (Å²) in [7, 11) is 1.28. The summed E-state index contributed by atoms with van der Waals surface area (Å²) in [6.45, 7) is 0.874. The van der Waals surface area contributed by atoms with Crippen LogP contribution in [0.3, 0.4) is 0 Å². The van der Waals surface area contributed by atoms with E-state index in [0.29, 0.717) is 0 Å². The van der Waals surface area contributed by atoms with E-state index in [-0.39, 0.29) is 6.04 Å². The van der Waals surface area contributed by atoms with Crippen molar-refractivity contribution < 1.29 is 14.6 Å². The smallest absolute Gasteiger partial charge is 0.336 e. The van der Waals surface area contributed by atoms with E-state index < -0.39 is 12.1 Å². The average Bonchev–Trinajstić information content (AvgIpc) is 2.53. The molecule has 2 atom stereocenters. The number of carbonyl (C=O) groups excluding carboxylic acids is 1. The van der Waals surface area contributed by atoms with Gasteiger partial charge in [-0.2, -0.15) is 0 Å². The van der Waals surface area contributed by atoms with Gasteiger partial charge in [0.2, 0.25) is 0 Å². The number of rotatable bonds is 2. The lowest BCUT2D eigenvalue weighted by molar-refractivity contribution is -0.151. The number of aliphatic hydroxyl groups is 1. The molecule has 0 aromatic heterocycles. The lowest BCUT2D eigenvalue weighted by Crippen LogP contribution is -2.40. The first kappa shape index (κ1) is 8.49. The van der Waals surface area contributed by atoms with Crippen molar-refractivity contribution in [2.75, 3.05) is 13.7 Å². The number of hydrogen-bond acceptors (Lipinski definition) is 4. The van der Waals surface area contributed by atoms with Crippen LogP contribution in [0.15, 0.2) is 0 Å². The molecule has 1 aliphatic heterocycles. The first-order valence-corrected chi connectivity index (χ1v) is 3.75. The second kappa shape index (κ2) is 3.69. The fourth-order valence-electron chi connectivity index (χ4n) is 1.27. The molecule has 2 unspecified atom stereocenters. The Labute approximate surface area is 65.5 Å². The van der Waals surface area contributed by atoms with Crippen molar-refractivity contribution in [2.45, 2.75) is 25.0 Å². The van der Waals surface area contributed by atoms with Gasteiger partial charge in [-0.3, -0.25) is 0 Å². The van der Waals surface area contributed by atoms with Gasteiger partial charge in [0.25, 0.3) is 0 Å². The summed E-state index contributed by atoms with van der Waals surface area (Å²) in [4.78, 5) is 10.8. The third-order valence-corrected chi connectivity index (χ3v) is 1.92. The molecule has 11 heavy (non-hydrogen) atoms. The Morgan fingerprint density at radius 3 is 3.00 bits per heavy atom. The summed E-state index contributed by atoms with van der Waals surface area (Å²) in [6, 6.07) is -0.109. The van der Waals surface area contributed by atoms with Gasteiger partial charge >= 0.3 is 5.97 Å². The molecule has 0 amide bonds. The highest BCUT2D eigenvalue weighted by atomic mass is 16.5. The summed E-state index contributed by atoms with van der Waals surface area (Å²) in [5, 5.41) is 12.3. The van der Waals surface area contributed by atoms with Crippen LogP contribution in [0.4, 0.5) is 0 Å². The molecular weight excluding hydrogens is 146 g/mol. The van der Waals surface area contributed by atoms with E-state index in [1.165, 1.54) is 7.11 Å². The van der Waals surface area contributed by atoms with E-state index in [2.05, 4.69) is 10.1 Å². The Kier molecular flexibility index (Phi) is 2.84. The molecule has 4 nitrogen and oxygen atoms in total. The van der Waals surface area contributed by atoms with Gasteiger partial charge in [0.1, 0.15) is 0 Å². The molecule has 1 saturated heterocycles.